The number of hydrogen-bond donors (Lipinski definition) is 2. The maximum Gasteiger partial charge on any atom is 0.320 e. The zero-order chi connectivity index (χ0) is 17.8. The lowest BCUT2D eigenvalue weighted by atomic mass is 10.1. The molecule has 0 heterocycles. The predicted octanol–water partition coefficient (Wildman–Crippen LogP) is 4.47. The summed E-state index contributed by atoms with van der Waals surface area (Å²) in [5.74, 6) is -0.873. The summed E-state index contributed by atoms with van der Waals surface area (Å²) in [6.45, 7) is 13.0. The van der Waals surface area contributed by atoms with Crippen LogP contribution in [0.4, 0.5) is 0 Å². The van der Waals surface area contributed by atoms with Crippen molar-refractivity contribution >= 4 is 25.9 Å². The molecule has 0 fully saturated rings. The van der Waals surface area contributed by atoms with Gasteiger partial charge in [0.1, 0.15) is 6.04 Å². The molecule has 0 aromatic heterocycles. The maximum absolute atomic E-state index is 11.0. The Morgan fingerprint density at radius 2 is 2.00 bits per heavy atom. The van der Waals surface area contributed by atoms with E-state index >= 15 is 0 Å². The fourth-order valence-corrected chi connectivity index (χ4v) is 3.32. The molecule has 0 radical (unpaired) electrons. The molecule has 1 rings (SSSR count). The number of carboxylic acid groups (broad SMARTS) is 1. The Labute approximate surface area is 145 Å². The van der Waals surface area contributed by atoms with Crippen molar-refractivity contribution in [2.75, 3.05) is 6.54 Å². The van der Waals surface area contributed by atoms with Crippen LogP contribution in [0, 0.1) is 0 Å². The monoisotopic (exact) mass is 357 g/mol. The average molecular weight is 358 g/mol. The lowest BCUT2D eigenvalue weighted by Gasteiger charge is -2.39. The fourth-order valence-electron chi connectivity index (χ4n) is 1.84. The van der Waals surface area contributed by atoms with E-state index in [0.717, 1.165) is 5.56 Å². The van der Waals surface area contributed by atoms with Gasteiger partial charge in [0.15, 0.2) is 8.32 Å². The average Bonchev–Trinajstić information content (AvgIpc) is 2.41. The van der Waals surface area contributed by atoms with E-state index in [4.69, 9.17) is 21.1 Å². The summed E-state index contributed by atoms with van der Waals surface area (Å²) in [5, 5.41) is 12.8. The van der Waals surface area contributed by atoms with Gasteiger partial charge in [-0.2, -0.15) is 0 Å². The molecule has 4 nitrogen and oxygen atoms in total. The van der Waals surface area contributed by atoms with E-state index in [1.54, 1.807) is 6.92 Å². The first-order valence-electron chi connectivity index (χ1n) is 7.83. The van der Waals surface area contributed by atoms with Crippen molar-refractivity contribution in [1.82, 2.24) is 5.32 Å². The van der Waals surface area contributed by atoms with Gasteiger partial charge in [-0.3, -0.25) is 4.79 Å². The van der Waals surface area contributed by atoms with Crippen LogP contribution in [0.3, 0.4) is 0 Å². The van der Waals surface area contributed by atoms with Crippen molar-refractivity contribution in [1.29, 1.82) is 0 Å². The molecular formula is C17H28ClNO3Si. The molecule has 0 saturated heterocycles. The molecule has 0 aliphatic heterocycles. The van der Waals surface area contributed by atoms with Crippen LogP contribution in [-0.4, -0.2) is 32.0 Å². The second-order valence-electron chi connectivity index (χ2n) is 7.39. The van der Waals surface area contributed by atoms with Crippen LogP contribution in [0.1, 0.15) is 39.4 Å². The minimum absolute atomic E-state index is 0.0717. The zero-order valence-corrected chi connectivity index (χ0v) is 16.6. The topological polar surface area (TPSA) is 58.6 Å². The van der Waals surface area contributed by atoms with Crippen LogP contribution in [0.2, 0.25) is 23.2 Å². The molecule has 130 valence electrons. The van der Waals surface area contributed by atoms with E-state index in [2.05, 4.69) is 39.2 Å². The van der Waals surface area contributed by atoms with Gasteiger partial charge in [0, 0.05) is 11.6 Å². The lowest BCUT2D eigenvalue weighted by Crippen LogP contribution is -2.45. The number of hydrogen-bond acceptors (Lipinski definition) is 3. The van der Waals surface area contributed by atoms with Crippen molar-refractivity contribution in [3.05, 3.63) is 34.9 Å². The lowest BCUT2D eigenvalue weighted by molar-refractivity contribution is -0.139. The first kappa shape index (κ1) is 20.2. The van der Waals surface area contributed by atoms with Crippen molar-refractivity contribution in [3.63, 3.8) is 0 Å². The molecule has 2 N–H and O–H groups in total. The summed E-state index contributed by atoms with van der Waals surface area (Å²) in [5.41, 5.74) is 0.965. The molecule has 23 heavy (non-hydrogen) atoms. The van der Waals surface area contributed by atoms with Crippen molar-refractivity contribution in [3.8, 4) is 0 Å². The van der Waals surface area contributed by atoms with E-state index in [9.17, 15) is 4.79 Å². The molecule has 0 amide bonds. The molecule has 0 spiro atoms. The van der Waals surface area contributed by atoms with Crippen LogP contribution in [0.25, 0.3) is 0 Å². The van der Waals surface area contributed by atoms with Crippen LogP contribution >= 0.6 is 11.6 Å². The quantitative estimate of drug-likeness (QED) is 0.707. The minimum atomic E-state index is -2.00. The van der Waals surface area contributed by atoms with E-state index in [1.807, 2.05) is 24.3 Å². The highest BCUT2D eigenvalue weighted by atomic mass is 35.5. The Morgan fingerprint density at radius 1 is 1.39 bits per heavy atom. The van der Waals surface area contributed by atoms with Gasteiger partial charge in [0.05, 0.1) is 6.10 Å². The van der Waals surface area contributed by atoms with Gasteiger partial charge in [-0.05, 0) is 42.8 Å². The SMILES string of the molecule is C[C@H](NC[C@@H](O[Si](C)(C)C(C)(C)C)c1cccc(Cl)c1)C(=O)O. The van der Waals surface area contributed by atoms with Gasteiger partial charge in [-0.15, -0.1) is 0 Å². The smallest absolute Gasteiger partial charge is 0.320 e. The highest BCUT2D eigenvalue weighted by Crippen LogP contribution is 2.39. The Morgan fingerprint density at radius 3 is 2.48 bits per heavy atom. The summed E-state index contributed by atoms with van der Waals surface area (Å²) in [6.07, 6.45) is -0.226. The normalized spacial score (nSPS) is 15.3. The third kappa shape index (κ3) is 5.92. The molecule has 2 atom stereocenters. The number of carboxylic acids is 1. The van der Waals surface area contributed by atoms with Crippen LogP contribution in [-0.2, 0) is 9.22 Å². The molecule has 1 aromatic carbocycles. The first-order valence-corrected chi connectivity index (χ1v) is 11.1. The Kier molecular flexibility index (Phi) is 6.83. The van der Waals surface area contributed by atoms with Gasteiger partial charge in [-0.25, -0.2) is 0 Å². The third-order valence-corrected chi connectivity index (χ3v) is 9.16. The van der Waals surface area contributed by atoms with E-state index in [1.165, 1.54) is 0 Å². The summed E-state index contributed by atoms with van der Waals surface area (Å²) >= 11 is 6.10. The highest BCUT2D eigenvalue weighted by Gasteiger charge is 2.39. The minimum Gasteiger partial charge on any atom is -0.480 e. The van der Waals surface area contributed by atoms with Crippen LogP contribution in [0.5, 0.6) is 0 Å². The van der Waals surface area contributed by atoms with Gasteiger partial charge in [0.2, 0.25) is 0 Å². The molecule has 0 saturated carbocycles. The Hall–Kier alpha value is -0.883. The second kappa shape index (κ2) is 7.79. The van der Waals surface area contributed by atoms with Crippen molar-refractivity contribution < 1.29 is 14.3 Å². The number of carbonyl (C=O) groups is 1. The van der Waals surface area contributed by atoms with E-state index in [0.29, 0.717) is 11.6 Å². The zero-order valence-electron chi connectivity index (χ0n) is 14.8. The fraction of sp³-hybridized carbons (Fsp3) is 0.588. The molecule has 0 aliphatic rings. The molecule has 0 aliphatic carbocycles. The third-order valence-electron chi connectivity index (χ3n) is 4.44. The Bertz CT molecular complexity index is 543. The molecular weight excluding hydrogens is 330 g/mol. The molecule has 1 aromatic rings. The van der Waals surface area contributed by atoms with E-state index in [-0.39, 0.29) is 11.1 Å². The van der Waals surface area contributed by atoms with Gasteiger partial charge >= 0.3 is 5.97 Å². The van der Waals surface area contributed by atoms with E-state index < -0.39 is 20.3 Å². The number of nitrogens with one attached hydrogen (secondary N) is 1. The summed E-state index contributed by atoms with van der Waals surface area (Å²) in [6, 6.07) is 6.94. The predicted molar refractivity (Wildman–Crippen MR) is 97.6 cm³/mol. The summed E-state index contributed by atoms with van der Waals surface area (Å²) in [4.78, 5) is 11.0. The highest BCUT2D eigenvalue weighted by molar-refractivity contribution is 6.74. The number of aliphatic carboxylic acids is 1. The largest absolute Gasteiger partial charge is 0.480 e. The second-order valence-corrected chi connectivity index (χ2v) is 12.6. The van der Waals surface area contributed by atoms with Gasteiger partial charge in [-0.1, -0.05) is 44.5 Å². The number of benzene rings is 1. The number of halogens is 1. The summed E-state index contributed by atoms with van der Waals surface area (Å²) < 4.78 is 6.50. The standard InChI is InChI=1S/C17H28ClNO3Si/c1-12(16(20)21)19-11-15(13-8-7-9-14(18)10-13)22-23(5,6)17(2,3)4/h7-10,12,15,19H,11H2,1-6H3,(H,20,21)/t12-,15+/m0/s1. The van der Waals surface area contributed by atoms with Crippen LogP contribution in [0.15, 0.2) is 24.3 Å². The van der Waals surface area contributed by atoms with Gasteiger partial charge < -0.3 is 14.8 Å². The molecule has 0 bridgehead atoms. The summed E-state index contributed by atoms with van der Waals surface area (Å²) in [7, 11) is -2.00. The molecule has 0 unspecified atom stereocenters. The van der Waals surface area contributed by atoms with Gasteiger partial charge in [0.25, 0.3) is 0 Å². The van der Waals surface area contributed by atoms with Crippen molar-refractivity contribution in [2.24, 2.45) is 0 Å². The van der Waals surface area contributed by atoms with Crippen molar-refractivity contribution in [2.45, 2.75) is 58.0 Å². The number of rotatable bonds is 7. The Balaban J connectivity index is 3.00. The maximum atomic E-state index is 11.0. The molecule has 6 heteroatoms. The first-order chi connectivity index (χ1) is 10.4. The van der Waals surface area contributed by atoms with Crippen LogP contribution < -0.4 is 5.32 Å².